The van der Waals surface area contributed by atoms with Crippen LogP contribution in [0.4, 0.5) is 4.39 Å². The Kier molecular flexibility index (Phi) is 4.97. The molecule has 0 aliphatic heterocycles. The van der Waals surface area contributed by atoms with Crippen LogP contribution in [0.25, 0.3) is 0 Å². The number of aromatic amines is 1. The Morgan fingerprint density at radius 2 is 2.19 bits per heavy atom. The Labute approximate surface area is 121 Å². The van der Waals surface area contributed by atoms with Crippen molar-refractivity contribution in [2.45, 2.75) is 32.1 Å². The van der Waals surface area contributed by atoms with Crippen LogP contribution < -0.4 is 0 Å². The van der Waals surface area contributed by atoms with Crippen molar-refractivity contribution in [1.29, 1.82) is 0 Å². The van der Waals surface area contributed by atoms with Gasteiger partial charge in [-0.25, -0.2) is 9.49 Å². The fraction of sp³-hybridized carbons (Fsp3) is 0.429. The van der Waals surface area contributed by atoms with Crippen LogP contribution in [0.3, 0.4) is 0 Å². The zero-order chi connectivity index (χ0) is 15.2. The van der Waals surface area contributed by atoms with E-state index in [9.17, 15) is 14.3 Å². The summed E-state index contributed by atoms with van der Waals surface area (Å²) in [6, 6.07) is 6.34. The van der Waals surface area contributed by atoms with E-state index in [0.717, 1.165) is 0 Å². The lowest BCUT2D eigenvalue weighted by Gasteiger charge is -2.21. The molecule has 0 unspecified atom stereocenters. The van der Waals surface area contributed by atoms with Gasteiger partial charge in [-0.05, 0) is 34.9 Å². The standard InChI is InChI=1S/C14H17FN4O2/c1-2-5-10(14(20)21)11(13-16-18-19-17-13)8-9-6-3-4-7-12(9)15/h3-4,6-7,10-11H,2,5,8H2,1H3,(H,20,21)(H,16,17,18,19)/t10-,11-/m0/s1. The van der Waals surface area contributed by atoms with Crippen molar-refractivity contribution < 1.29 is 14.3 Å². The van der Waals surface area contributed by atoms with E-state index in [0.29, 0.717) is 24.2 Å². The minimum atomic E-state index is -0.922. The van der Waals surface area contributed by atoms with Crippen molar-refractivity contribution in [3.05, 3.63) is 41.5 Å². The summed E-state index contributed by atoms with van der Waals surface area (Å²) in [6.07, 6.45) is 1.43. The van der Waals surface area contributed by atoms with E-state index in [1.54, 1.807) is 18.2 Å². The molecule has 1 heterocycles. The normalized spacial score (nSPS) is 13.8. The maximum Gasteiger partial charge on any atom is 0.307 e. The molecule has 0 bridgehead atoms. The average molecular weight is 292 g/mol. The third kappa shape index (κ3) is 3.62. The van der Waals surface area contributed by atoms with Crippen LogP contribution >= 0.6 is 0 Å². The second-order valence-corrected chi connectivity index (χ2v) is 4.92. The van der Waals surface area contributed by atoms with E-state index in [2.05, 4.69) is 20.6 Å². The van der Waals surface area contributed by atoms with Crippen LogP contribution in [0, 0.1) is 11.7 Å². The molecule has 2 rings (SSSR count). The first-order valence-electron chi connectivity index (χ1n) is 6.83. The maximum absolute atomic E-state index is 13.8. The van der Waals surface area contributed by atoms with Crippen LogP contribution in [0.2, 0.25) is 0 Å². The third-order valence-corrected chi connectivity index (χ3v) is 3.51. The van der Waals surface area contributed by atoms with Gasteiger partial charge in [-0.2, -0.15) is 0 Å². The summed E-state index contributed by atoms with van der Waals surface area (Å²) in [5.74, 6) is -2.05. The second kappa shape index (κ2) is 6.92. The molecule has 21 heavy (non-hydrogen) atoms. The van der Waals surface area contributed by atoms with Crippen molar-refractivity contribution in [1.82, 2.24) is 20.6 Å². The summed E-state index contributed by atoms with van der Waals surface area (Å²) in [5.41, 5.74) is 0.459. The monoisotopic (exact) mass is 292 g/mol. The number of aliphatic carboxylic acids is 1. The lowest BCUT2D eigenvalue weighted by atomic mass is 9.83. The highest BCUT2D eigenvalue weighted by molar-refractivity contribution is 5.71. The van der Waals surface area contributed by atoms with Gasteiger partial charge in [-0.1, -0.05) is 31.5 Å². The summed E-state index contributed by atoms with van der Waals surface area (Å²) in [6.45, 7) is 1.91. The molecule has 112 valence electrons. The largest absolute Gasteiger partial charge is 0.481 e. The number of rotatable bonds is 7. The number of halogens is 1. The van der Waals surface area contributed by atoms with E-state index in [1.807, 2.05) is 6.92 Å². The number of carboxylic acids is 1. The maximum atomic E-state index is 13.8. The lowest BCUT2D eigenvalue weighted by Crippen LogP contribution is -2.25. The molecule has 0 saturated carbocycles. The van der Waals surface area contributed by atoms with Crippen molar-refractivity contribution in [3.63, 3.8) is 0 Å². The van der Waals surface area contributed by atoms with Crippen molar-refractivity contribution in [2.75, 3.05) is 0 Å². The summed E-state index contributed by atoms with van der Waals surface area (Å²) in [5, 5.41) is 22.9. The van der Waals surface area contributed by atoms with Gasteiger partial charge >= 0.3 is 5.97 Å². The predicted molar refractivity (Wildman–Crippen MR) is 73.1 cm³/mol. The Hall–Kier alpha value is -2.31. The number of H-pyrrole nitrogens is 1. The van der Waals surface area contributed by atoms with Crippen molar-refractivity contribution in [3.8, 4) is 0 Å². The molecule has 7 heteroatoms. The highest BCUT2D eigenvalue weighted by Gasteiger charge is 2.32. The number of hydrogen-bond acceptors (Lipinski definition) is 4. The van der Waals surface area contributed by atoms with Gasteiger partial charge in [0.15, 0.2) is 5.82 Å². The van der Waals surface area contributed by atoms with E-state index in [4.69, 9.17) is 0 Å². The fourth-order valence-electron chi connectivity index (χ4n) is 2.46. The van der Waals surface area contributed by atoms with Gasteiger partial charge in [0.2, 0.25) is 0 Å². The van der Waals surface area contributed by atoms with Gasteiger partial charge in [-0.3, -0.25) is 4.79 Å². The van der Waals surface area contributed by atoms with Crippen molar-refractivity contribution >= 4 is 5.97 Å². The zero-order valence-corrected chi connectivity index (χ0v) is 11.7. The van der Waals surface area contributed by atoms with E-state index in [1.165, 1.54) is 6.07 Å². The number of aromatic nitrogens is 4. The van der Waals surface area contributed by atoms with E-state index in [-0.39, 0.29) is 12.2 Å². The first kappa shape index (κ1) is 15.1. The number of hydrogen-bond donors (Lipinski definition) is 2. The minimum Gasteiger partial charge on any atom is -0.481 e. The molecule has 6 nitrogen and oxygen atoms in total. The third-order valence-electron chi connectivity index (χ3n) is 3.51. The summed E-state index contributed by atoms with van der Waals surface area (Å²) in [4.78, 5) is 11.5. The Balaban J connectivity index is 2.32. The smallest absolute Gasteiger partial charge is 0.307 e. The number of nitrogens with zero attached hydrogens (tertiary/aromatic N) is 3. The number of carboxylic acid groups (broad SMARTS) is 1. The Morgan fingerprint density at radius 3 is 2.76 bits per heavy atom. The first-order valence-corrected chi connectivity index (χ1v) is 6.83. The van der Waals surface area contributed by atoms with Crippen LogP contribution in [0.5, 0.6) is 0 Å². The molecule has 0 aliphatic rings. The van der Waals surface area contributed by atoms with Gasteiger partial charge in [0.05, 0.1) is 5.92 Å². The zero-order valence-electron chi connectivity index (χ0n) is 11.7. The molecule has 2 atom stereocenters. The number of benzene rings is 1. The fourth-order valence-corrected chi connectivity index (χ4v) is 2.46. The summed E-state index contributed by atoms with van der Waals surface area (Å²) >= 11 is 0. The number of nitrogens with one attached hydrogen (secondary N) is 1. The first-order chi connectivity index (χ1) is 10.1. The van der Waals surface area contributed by atoms with E-state index < -0.39 is 17.8 Å². The van der Waals surface area contributed by atoms with Crippen LogP contribution in [-0.4, -0.2) is 31.7 Å². The second-order valence-electron chi connectivity index (χ2n) is 4.92. The number of carbonyl (C=O) groups is 1. The van der Waals surface area contributed by atoms with Crippen LogP contribution in [0.1, 0.15) is 37.1 Å². The van der Waals surface area contributed by atoms with E-state index >= 15 is 0 Å². The summed E-state index contributed by atoms with van der Waals surface area (Å²) in [7, 11) is 0. The van der Waals surface area contributed by atoms with Crippen LogP contribution in [-0.2, 0) is 11.2 Å². The molecule has 0 spiro atoms. The van der Waals surface area contributed by atoms with Gasteiger partial charge in [0.1, 0.15) is 5.82 Å². The molecule has 1 aromatic carbocycles. The average Bonchev–Trinajstić information content (AvgIpc) is 2.98. The van der Waals surface area contributed by atoms with Gasteiger partial charge in [-0.15, -0.1) is 5.10 Å². The summed E-state index contributed by atoms with van der Waals surface area (Å²) < 4.78 is 13.8. The molecular formula is C14H17FN4O2. The molecule has 0 aliphatic carbocycles. The molecule has 0 amide bonds. The van der Waals surface area contributed by atoms with Crippen LogP contribution in [0.15, 0.2) is 24.3 Å². The minimum absolute atomic E-state index is 0.237. The van der Waals surface area contributed by atoms with Gasteiger partial charge < -0.3 is 5.11 Å². The molecular weight excluding hydrogens is 275 g/mol. The highest BCUT2D eigenvalue weighted by Crippen LogP contribution is 2.30. The van der Waals surface area contributed by atoms with Gasteiger partial charge in [0, 0.05) is 5.92 Å². The molecule has 0 radical (unpaired) electrons. The molecule has 0 fully saturated rings. The quantitative estimate of drug-likeness (QED) is 0.816. The SMILES string of the molecule is CCC[C@H](C(=O)O)[C@H](Cc1ccccc1F)c1nnn[nH]1. The molecule has 0 saturated heterocycles. The number of tetrazole rings is 1. The highest BCUT2D eigenvalue weighted by atomic mass is 19.1. The Morgan fingerprint density at radius 1 is 1.43 bits per heavy atom. The molecule has 2 aromatic rings. The van der Waals surface area contributed by atoms with Gasteiger partial charge in [0.25, 0.3) is 0 Å². The topological polar surface area (TPSA) is 91.8 Å². The molecule has 1 aromatic heterocycles. The molecule has 2 N–H and O–H groups in total. The predicted octanol–water partition coefficient (Wildman–Crippen LogP) is 2.17. The lowest BCUT2D eigenvalue weighted by molar-refractivity contribution is -0.143. The Bertz CT molecular complexity index is 588. The van der Waals surface area contributed by atoms with Crippen molar-refractivity contribution in [2.24, 2.45) is 5.92 Å².